The van der Waals surface area contributed by atoms with Crippen molar-refractivity contribution in [2.45, 2.75) is 0 Å². The van der Waals surface area contributed by atoms with Crippen molar-refractivity contribution in [3.63, 3.8) is 0 Å². The number of carbonyl (C=O) groups is 1. The molecule has 7 heteroatoms. The molecule has 0 fully saturated rings. The molecule has 4 nitrogen and oxygen atoms in total. The normalized spacial score (nSPS) is 10.2. The molecule has 2 rings (SSSR count). The van der Waals surface area contributed by atoms with Crippen molar-refractivity contribution in [2.75, 3.05) is 10.4 Å². The predicted molar refractivity (Wildman–Crippen MR) is 81.2 cm³/mol. The number of urea groups is 1. The fourth-order valence-corrected chi connectivity index (χ4v) is 1.86. The zero-order valence-electron chi connectivity index (χ0n) is 9.98. The van der Waals surface area contributed by atoms with Gasteiger partial charge in [-0.2, -0.15) is 5.06 Å². The molecule has 0 spiro atoms. The van der Waals surface area contributed by atoms with Gasteiger partial charge in [-0.25, -0.2) is 4.79 Å². The number of carbonyl (C=O) groups excluding carboxylic acids is 1. The molecular formula is C13H9Cl3N2O2. The van der Waals surface area contributed by atoms with Crippen LogP contribution in [-0.4, -0.2) is 11.2 Å². The molecule has 0 aliphatic heterocycles. The number of rotatable bonds is 2. The van der Waals surface area contributed by atoms with E-state index < -0.39 is 6.03 Å². The maximum absolute atomic E-state index is 11.8. The van der Waals surface area contributed by atoms with Gasteiger partial charge >= 0.3 is 6.03 Å². The highest BCUT2D eigenvalue weighted by molar-refractivity contribution is 6.42. The molecule has 0 radical (unpaired) electrons. The van der Waals surface area contributed by atoms with Crippen molar-refractivity contribution >= 4 is 52.2 Å². The number of amides is 2. The van der Waals surface area contributed by atoms with E-state index in [1.54, 1.807) is 24.3 Å². The Balaban J connectivity index is 2.11. The Morgan fingerprint density at radius 1 is 1.00 bits per heavy atom. The molecule has 0 saturated carbocycles. The first-order valence-corrected chi connectivity index (χ1v) is 6.61. The molecule has 0 aliphatic rings. The molecule has 20 heavy (non-hydrogen) atoms. The molecule has 104 valence electrons. The lowest BCUT2D eigenvalue weighted by Gasteiger charge is -2.16. The van der Waals surface area contributed by atoms with E-state index in [1.165, 1.54) is 18.2 Å². The van der Waals surface area contributed by atoms with Crippen LogP contribution in [0.4, 0.5) is 16.2 Å². The van der Waals surface area contributed by atoms with Crippen LogP contribution in [-0.2, 0) is 0 Å². The summed E-state index contributed by atoms with van der Waals surface area (Å²) in [5.74, 6) is 0. The summed E-state index contributed by atoms with van der Waals surface area (Å²) in [4.78, 5) is 11.8. The molecule has 0 saturated heterocycles. The molecule has 0 heterocycles. The molecular weight excluding hydrogens is 323 g/mol. The number of halogens is 3. The minimum Gasteiger partial charge on any atom is -0.306 e. The van der Waals surface area contributed by atoms with Gasteiger partial charge in [0.05, 0.1) is 15.7 Å². The van der Waals surface area contributed by atoms with E-state index in [9.17, 15) is 10.0 Å². The lowest BCUT2D eigenvalue weighted by atomic mass is 10.3. The molecule has 2 aromatic carbocycles. The first-order chi connectivity index (χ1) is 9.47. The van der Waals surface area contributed by atoms with E-state index in [2.05, 4.69) is 5.32 Å². The van der Waals surface area contributed by atoms with Crippen molar-refractivity contribution in [2.24, 2.45) is 0 Å². The third-order valence-corrected chi connectivity index (χ3v) is 3.43. The van der Waals surface area contributed by atoms with Gasteiger partial charge in [0, 0.05) is 10.7 Å². The topological polar surface area (TPSA) is 52.6 Å². The van der Waals surface area contributed by atoms with Crippen LogP contribution in [0.15, 0.2) is 42.5 Å². The number of nitrogens with one attached hydrogen (secondary N) is 1. The van der Waals surface area contributed by atoms with Crippen molar-refractivity contribution in [3.05, 3.63) is 57.5 Å². The quantitative estimate of drug-likeness (QED) is 0.596. The van der Waals surface area contributed by atoms with Gasteiger partial charge in [-0.1, -0.05) is 34.8 Å². The molecule has 0 aromatic heterocycles. The van der Waals surface area contributed by atoms with Crippen LogP contribution in [0.2, 0.25) is 15.1 Å². The Kier molecular flexibility index (Phi) is 4.73. The summed E-state index contributed by atoms with van der Waals surface area (Å²) < 4.78 is 0. The van der Waals surface area contributed by atoms with Gasteiger partial charge in [-0.3, -0.25) is 5.21 Å². The van der Waals surface area contributed by atoms with Crippen LogP contribution in [0.5, 0.6) is 0 Å². The SMILES string of the molecule is O=C(Nc1ccc(Cl)cc1)N(O)c1ccc(Cl)c(Cl)c1. The van der Waals surface area contributed by atoms with E-state index in [-0.39, 0.29) is 10.7 Å². The lowest BCUT2D eigenvalue weighted by molar-refractivity contribution is 0.216. The average molecular weight is 332 g/mol. The highest BCUT2D eigenvalue weighted by Crippen LogP contribution is 2.27. The zero-order chi connectivity index (χ0) is 14.7. The molecule has 0 aliphatic carbocycles. The summed E-state index contributed by atoms with van der Waals surface area (Å²) in [5.41, 5.74) is 0.698. The summed E-state index contributed by atoms with van der Waals surface area (Å²) in [6, 6.07) is 10.1. The van der Waals surface area contributed by atoms with Gasteiger partial charge in [0.25, 0.3) is 0 Å². The Labute approximate surface area is 130 Å². The minimum absolute atomic E-state index is 0.200. The van der Waals surface area contributed by atoms with Gasteiger partial charge in [0.15, 0.2) is 0 Å². The second-order valence-electron chi connectivity index (χ2n) is 3.85. The Morgan fingerprint density at radius 2 is 1.65 bits per heavy atom. The first kappa shape index (κ1) is 14.9. The number of hydrogen-bond acceptors (Lipinski definition) is 2. The predicted octanol–water partition coefficient (Wildman–Crippen LogP) is 5.07. The Hall–Kier alpha value is -1.46. The van der Waals surface area contributed by atoms with Gasteiger partial charge in [0.2, 0.25) is 0 Å². The molecule has 2 N–H and O–H groups in total. The number of nitrogens with zero attached hydrogens (tertiary/aromatic N) is 1. The monoisotopic (exact) mass is 330 g/mol. The van der Waals surface area contributed by atoms with E-state index >= 15 is 0 Å². The standard InChI is InChI=1S/C13H9Cl3N2O2/c14-8-1-3-9(4-2-8)17-13(19)18(20)10-5-6-11(15)12(16)7-10/h1-7,20H,(H,17,19). The summed E-state index contributed by atoms with van der Waals surface area (Å²) in [7, 11) is 0. The van der Waals surface area contributed by atoms with Crippen LogP contribution < -0.4 is 10.4 Å². The van der Waals surface area contributed by atoms with Crippen molar-refractivity contribution in [1.29, 1.82) is 0 Å². The van der Waals surface area contributed by atoms with E-state index in [1.807, 2.05) is 0 Å². The highest BCUT2D eigenvalue weighted by atomic mass is 35.5. The van der Waals surface area contributed by atoms with Gasteiger partial charge < -0.3 is 5.32 Å². The van der Waals surface area contributed by atoms with E-state index in [0.29, 0.717) is 20.8 Å². The number of benzene rings is 2. The second kappa shape index (κ2) is 6.33. The van der Waals surface area contributed by atoms with Crippen molar-refractivity contribution < 1.29 is 10.0 Å². The van der Waals surface area contributed by atoms with Gasteiger partial charge in [-0.05, 0) is 42.5 Å². The largest absolute Gasteiger partial charge is 0.350 e. The molecule has 0 atom stereocenters. The summed E-state index contributed by atoms with van der Waals surface area (Å²) in [6.07, 6.45) is 0. The smallest absolute Gasteiger partial charge is 0.306 e. The fourth-order valence-electron chi connectivity index (χ4n) is 1.44. The third kappa shape index (κ3) is 3.55. The maximum atomic E-state index is 11.8. The number of anilines is 2. The molecule has 0 unspecified atom stereocenters. The molecule has 0 bridgehead atoms. The number of hydroxylamine groups is 1. The molecule has 2 aromatic rings. The summed E-state index contributed by atoms with van der Waals surface area (Å²) in [5, 5.41) is 13.9. The van der Waals surface area contributed by atoms with E-state index in [4.69, 9.17) is 34.8 Å². The van der Waals surface area contributed by atoms with Gasteiger partial charge in [0.1, 0.15) is 0 Å². The van der Waals surface area contributed by atoms with Crippen molar-refractivity contribution in [3.8, 4) is 0 Å². The van der Waals surface area contributed by atoms with Crippen LogP contribution in [0, 0.1) is 0 Å². The van der Waals surface area contributed by atoms with Crippen molar-refractivity contribution in [1.82, 2.24) is 0 Å². The third-order valence-electron chi connectivity index (χ3n) is 2.44. The minimum atomic E-state index is -0.731. The van der Waals surface area contributed by atoms with Gasteiger partial charge in [-0.15, -0.1) is 0 Å². The maximum Gasteiger partial charge on any atom is 0.350 e. The second-order valence-corrected chi connectivity index (χ2v) is 5.10. The highest BCUT2D eigenvalue weighted by Gasteiger charge is 2.14. The van der Waals surface area contributed by atoms with Crippen LogP contribution in [0.25, 0.3) is 0 Å². The zero-order valence-corrected chi connectivity index (χ0v) is 12.2. The summed E-state index contributed by atoms with van der Waals surface area (Å²) >= 11 is 17.3. The van der Waals surface area contributed by atoms with Crippen LogP contribution in [0.1, 0.15) is 0 Å². The first-order valence-electron chi connectivity index (χ1n) is 5.48. The van der Waals surface area contributed by atoms with Crippen LogP contribution >= 0.6 is 34.8 Å². The average Bonchev–Trinajstić information content (AvgIpc) is 2.43. The summed E-state index contributed by atoms with van der Waals surface area (Å²) in [6.45, 7) is 0. The number of hydrogen-bond donors (Lipinski definition) is 2. The molecule has 2 amide bonds. The van der Waals surface area contributed by atoms with Crippen LogP contribution in [0.3, 0.4) is 0 Å². The Morgan fingerprint density at radius 3 is 2.25 bits per heavy atom. The Bertz CT molecular complexity index is 632. The fraction of sp³-hybridized carbons (Fsp3) is 0. The lowest BCUT2D eigenvalue weighted by Crippen LogP contribution is -2.31. The van der Waals surface area contributed by atoms with E-state index in [0.717, 1.165) is 0 Å².